The molecule has 3 heterocycles. The summed E-state index contributed by atoms with van der Waals surface area (Å²) in [5, 5.41) is 1.88. The molecule has 0 aliphatic heterocycles. The van der Waals surface area contributed by atoms with E-state index in [0.717, 1.165) is 16.6 Å². The molecule has 0 spiro atoms. The van der Waals surface area contributed by atoms with Gasteiger partial charge in [-0.1, -0.05) is 12.1 Å². The summed E-state index contributed by atoms with van der Waals surface area (Å²) in [7, 11) is 0. The molecule has 0 aliphatic rings. The second-order valence-electron chi connectivity index (χ2n) is 4.51. The Hall–Kier alpha value is -2.47. The zero-order valence-electron chi connectivity index (χ0n) is 10.4. The number of aromatic amines is 1. The Bertz CT molecular complexity index is 966. The third kappa shape index (κ3) is 1.73. The van der Waals surface area contributed by atoms with E-state index in [0.29, 0.717) is 17.1 Å². The number of imidazole rings is 1. The lowest BCUT2D eigenvalue weighted by molar-refractivity contribution is 0.766. The molecule has 0 radical (unpaired) electrons. The first kappa shape index (κ1) is 11.4. The van der Waals surface area contributed by atoms with Gasteiger partial charge in [-0.2, -0.15) is 0 Å². The maximum Gasteiger partial charge on any atom is 0.268 e. The van der Waals surface area contributed by atoms with Gasteiger partial charge >= 0.3 is 0 Å². The van der Waals surface area contributed by atoms with Crippen molar-refractivity contribution in [3.8, 4) is 0 Å². The molecule has 1 N–H and O–H groups in total. The van der Waals surface area contributed by atoms with Crippen molar-refractivity contribution in [2.45, 2.75) is 6.54 Å². The summed E-state index contributed by atoms with van der Waals surface area (Å²) in [5.74, 6) is 0.643. The zero-order chi connectivity index (χ0) is 13.5. The fraction of sp³-hybridized carbons (Fsp3) is 0.0714. The van der Waals surface area contributed by atoms with Gasteiger partial charge in [0.1, 0.15) is 10.5 Å². The van der Waals surface area contributed by atoms with Crippen LogP contribution in [0.15, 0.2) is 46.8 Å². The van der Waals surface area contributed by atoms with Crippen LogP contribution in [0.1, 0.15) is 5.82 Å². The molecule has 4 rings (SSSR count). The van der Waals surface area contributed by atoms with Crippen LogP contribution in [-0.4, -0.2) is 19.5 Å². The minimum atomic E-state index is -0.0792. The molecule has 0 fully saturated rings. The number of fused-ring (bicyclic) bond motifs is 2. The van der Waals surface area contributed by atoms with Crippen LogP contribution in [0.4, 0.5) is 0 Å². The first-order valence-corrected chi connectivity index (χ1v) is 7.05. The van der Waals surface area contributed by atoms with Crippen molar-refractivity contribution < 1.29 is 0 Å². The number of thiophene rings is 1. The van der Waals surface area contributed by atoms with Gasteiger partial charge in [0.15, 0.2) is 0 Å². The number of hydrogen-bond acceptors (Lipinski definition) is 4. The normalized spacial score (nSPS) is 11.4. The molecular formula is C14H10N4OS. The van der Waals surface area contributed by atoms with E-state index in [-0.39, 0.29) is 5.56 Å². The third-order valence-electron chi connectivity index (χ3n) is 3.21. The monoisotopic (exact) mass is 282 g/mol. The molecule has 98 valence electrons. The highest BCUT2D eigenvalue weighted by Gasteiger charge is 2.07. The first-order valence-electron chi connectivity index (χ1n) is 6.17. The summed E-state index contributed by atoms with van der Waals surface area (Å²) in [6, 6.07) is 9.76. The average molecular weight is 282 g/mol. The highest BCUT2D eigenvalue weighted by atomic mass is 32.1. The SMILES string of the molecule is O=c1[nH]c(Cn2cnc3ccccc32)nc2ccsc12. The lowest BCUT2D eigenvalue weighted by Gasteiger charge is -2.03. The molecule has 0 bridgehead atoms. The number of nitrogens with one attached hydrogen (secondary N) is 1. The average Bonchev–Trinajstić information content (AvgIpc) is 3.07. The molecule has 1 aromatic carbocycles. The molecular weight excluding hydrogens is 272 g/mol. The van der Waals surface area contributed by atoms with Crippen LogP contribution < -0.4 is 5.56 Å². The Labute approximate surface area is 117 Å². The number of H-pyrrole nitrogens is 1. The van der Waals surface area contributed by atoms with Crippen LogP contribution >= 0.6 is 11.3 Å². The third-order valence-corrected chi connectivity index (χ3v) is 4.11. The number of para-hydroxylation sites is 2. The lowest BCUT2D eigenvalue weighted by Crippen LogP contribution is -2.12. The van der Waals surface area contributed by atoms with E-state index < -0.39 is 0 Å². The maximum absolute atomic E-state index is 11.9. The number of rotatable bonds is 2. The Morgan fingerprint density at radius 3 is 3.05 bits per heavy atom. The van der Waals surface area contributed by atoms with Gasteiger partial charge in [-0.3, -0.25) is 4.79 Å². The van der Waals surface area contributed by atoms with Crippen LogP contribution in [0.5, 0.6) is 0 Å². The maximum atomic E-state index is 11.9. The molecule has 0 atom stereocenters. The topological polar surface area (TPSA) is 63.6 Å². The minimum Gasteiger partial charge on any atom is -0.323 e. The number of benzene rings is 1. The molecule has 6 heteroatoms. The molecule has 4 aromatic rings. The van der Waals surface area contributed by atoms with E-state index in [1.54, 1.807) is 6.33 Å². The molecule has 3 aromatic heterocycles. The first-order chi connectivity index (χ1) is 9.81. The van der Waals surface area contributed by atoms with Gasteiger partial charge in [0.2, 0.25) is 0 Å². The fourth-order valence-electron chi connectivity index (χ4n) is 2.29. The van der Waals surface area contributed by atoms with Crippen molar-refractivity contribution in [2.24, 2.45) is 0 Å². The minimum absolute atomic E-state index is 0.0792. The molecule has 0 aliphatic carbocycles. The van der Waals surface area contributed by atoms with E-state index in [1.165, 1.54) is 11.3 Å². The van der Waals surface area contributed by atoms with Gasteiger partial charge in [-0.25, -0.2) is 9.97 Å². The second-order valence-corrected chi connectivity index (χ2v) is 5.42. The Kier molecular flexibility index (Phi) is 2.43. The summed E-state index contributed by atoms with van der Waals surface area (Å²) in [6.45, 7) is 0.502. The highest BCUT2D eigenvalue weighted by molar-refractivity contribution is 7.17. The zero-order valence-corrected chi connectivity index (χ0v) is 11.2. The van der Waals surface area contributed by atoms with Gasteiger partial charge in [0.25, 0.3) is 5.56 Å². The highest BCUT2D eigenvalue weighted by Crippen LogP contribution is 2.16. The van der Waals surface area contributed by atoms with E-state index in [9.17, 15) is 4.79 Å². The number of nitrogens with zero attached hydrogens (tertiary/aromatic N) is 3. The summed E-state index contributed by atoms with van der Waals surface area (Å²) in [4.78, 5) is 23.6. The standard InChI is InChI=1S/C14H10N4OS/c19-14-13-10(5-6-20-13)16-12(17-14)7-18-8-15-9-3-1-2-4-11(9)18/h1-6,8H,7H2,(H,16,17,19). The predicted molar refractivity (Wildman–Crippen MR) is 79.1 cm³/mol. The van der Waals surface area contributed by atoms with Crippen LogP contribution in [0.2, 0.25) is 0 Å². The van der Waals surface area contributed by atoms with E-state index in [1.807, 2.05) is 40.3 Å². The summed E-state index contributed by atoms with van der Waals surface area (Å²) >= 11 is 1.41. The van der Waals surface area contributed by atoms with E-state index in [4.69, 9.17) is 0 Å². The van der Waals surface area contributed by atoms with Gasteiger partial charge in [0.05, 0.1) is 29.4 Å². The van der Waals surface area contributed by atoms with Crippen molar-refractivity contribution in [1.29, 1.82) is 0 Å². The van der Waals surface area contributed by atoms with Crippen LogP contribution in [0.25, 0.3) is 21.3 Å². The van der Waals surface area contributed by atoms with Gasteiger partial charge in [-0.15, -0.1) is 11.3 Å². The summed E-state index contributed by atoms with van der Waals surface area (Å²) in [6.07, 6.45) is 1.77. The predicted octanol–water partition coefficient (Wildman–Crippen LogP) is 2.38. The molecule has 0 amide bonds. The number of hydrogen-bond donors (Lipinski definition) is 1. The number of aromatic nitrogens is 4. The van der Waals surface area contributed by atoms with E-state index >= 15 is 0 Å². The van der Waals surface area contributed by atoms with Gasteiger partial charge in [0, 0.05) is 0 Å². The summed E-state index contributed by atoms with van der Waals surface area (Å²) in [5.41, 5.74) is 2.63. The smallest absolute Gasteiger partial charge is 0.268 e. The van der Waals surface area contributed by atoms with Crippen molar-refractivity contribution in [1.82, 2.24) is 19.5 Å². The van der Waals surface area contributed by atoms with Crippen LogP contribution in [0.3, 0.4) is 0 Å². The fourth-order valence-corrected chi connectivity index (χ4v) is 3.02. The molecule has 0 saturated carbocycles. The molecule has 20 heavy (non-hydrogen) atoms. The van der Waals surface area contributed by atoms with E-state index in [2.05, 4.69) is 15.0 Å². The molecule has 5 nitrogen and oxygen atoms in total. The lowest BCUT2D eigenvalue weighted by atomic mass is 10.3. The van der Waals surface area contributed by atoms with Gasteiger partial charge < -0.3 is 9.55 Å². The van der Waals surface area contributed by atoms with Crippen LogP contribution in [-0.2, 0) is 6.54 Å². The van der Waals surface area contributed by atoms with Crippen molar-refractivity contribution in [3.05, 3.63) is 58.2 Å². The van der Waals surface area contributed by atoms with Crippen molar-refractivity contribution in [2.75, 3.05) is 0 Å². The molecule has 0 unspecified atom stereocenters. The Morgan fingerprint density at radius 1 is 1.20 bits per heavy atom. The summed E-state index contributed by atoms with van der Waals surface area (Å²) < 4.78 is 2.65. The Balaban J connectivity index is 1.82. The van der Waals surface area contributed by atoms with Crippen LogP contribution in [0, 0.1) is 0 Å². The van der Waals surface area contributed by atoms with Gasteiger partial charge in [-0.05, 0) is 23.6 Å². The Morgan fingerprint density at radius 2 is 2.10 bits per heavy atom. The second kappa shape index (κ2) is 4.28. The van der Waals surface area contributed by atoms with Crippen molar-refractivity contribution >= 4 is 32.6 Å². The largest absolute Gasteiger partial charge is 0.323 e. The quantitative estimate of drug-likeness (QED) is 0.614. The van der Waals surface area contributed by atoms with Crippen molar-refractivity contribution in [3.63, 3.8) is 0 Å². The molecule has 0 saturated heterocycles.